The number of nitrogens with one attached hydrogen (secondary N) is 1. The number of rotatable bonds is 3. The van der Waals surface area contributed by atoms with E-state index in [0.717, 1.165) is 17.6 Å². The van der Waals surface area contributed by atoms with Gasteiger partial charge in [-0.1, -0.05) is 22.0 Å². The SMILES string of the molecule is Cc1cc(Br)ccc1-c1cnn(CC2CCCNC2)c1. The normalized spacial score (nSPS) is 19.2. The number of piperidine rings is 1. The Kier molecular flexibility index (Phi) is 4.22. The molecule has 0 aliphatic carbocycles. The Balaban J connectivity index is 1.75. The van der Waals surface area contributed by atoms with Gasteiger partial charge in [0.15, 0.2) is 0 Å². The Hall–Kier alpha value is -1.13. The summed E-state index contributed by atoms with van der Waals surface area (Å²) < 4.78 is 3.22. The number of hydrogen-bond donors (Lipinski definition) is 1. The molecule has 1 saturated heterocycles. The fraction of sp³-hybridized carbons (Fsp3) is 0.438. The van der Waals surface area contributed by atoms with E-state index in [1.54, 1.807) is 0 Å². The van der Waals surface area contributed by atoms with E-state index in [9.17, 15) is 0 Å². The van der Waals surface area contributed by atoms with E-state index in [4.69, 9.17) is 0 Å². The molecule has 1 N–H and O–H groups in total. The van der Waals surface area contributed by atoms with Crippen LogP contribution < -0.4 is 5.32 Å². The highest BCUT2D eigenvalue weighted by atomic mass is 79.9. The molecule has 3 rings (SSSR count). The molecular formula is C16H20BrN3. The van der Waals surface area contributed by atoms with Crippen LogP contribution >= 0.6 is 15.9 Å². The number of halogens is 1. The quantitative estimate of drug-likeness (QED) is 0.929. The first kappa shape index (κ1) is 13.8. The van der Waals surface area contributed by atoms with Gasteiger partial charge in [0.05, 0.1) is 6.20 Å². The van der Waals surface area contributed by atoms with Gasteiger partial charge in [0.25, 0.3) is 0 Å². The largest absolute Gasteiger partial charge is 0.316 e. The van der Waals surface area contributed by atoms with Crippen molar-refractivity contribution < 1.29 is 0 Å². The summed E-state index contributed by atoms with van der Waals surface area (Å²) in [7, 11) is 0. The van der Waals surface area contributed by atoms with E-state index < -0.39 is 0 Å². The molecule has 1 unspecified atom stereocenters. The van der Waals surface area contributed by atoms with E-state index in [1.165, 1.54) is 36.1 Å². The van der Waals surface area contributed by atoms with Crippen molar-refractivity contribution in [1.82, 2.24) is 15.1 Å². The van der Waals surface area contributed by atoms with Crippen molar-refractivity contribution in [3.63, 3.8) is 0 Å². The third-order valence-electron chi connectivity index (χ3n) is 3.98. The van der Waals surface area contributed by atoms with Gasteiger partial charge in [-0.2, -0.15) is 5.10 Å². The molecule has 0 bridgehead atoms. The van der Waals surface area contributed by atoms with Gasteiger partial charge in [-0.15, -0.1) is 0 Å². The topological polar surface area (TPSA) is 29.9 Å². The monoisotopic (exact) mass is 333 g/mol. The molecule has 1 atom stereocenters. The summed E-state index contributed by atoms with van der Waals surface area (Å²) >= 11 is 3.51. The molecule has 1 aliphatic rings. The Morgan fingerprint density at radius 3 is 3.10 bits per heavy atom. The van der Waals surface area contributed by atoms with E-state index in [0.29, 0.717) is 5.92 Å². The van der Waals surface area contributed by atoms with Crippen molar-refractivity contribution in [1.29, 1.82) is 0 Å². The van der Waals surface area contributed by atoms with Crippen molar-refractivity contribution in [2.45, 2.75) is 26.3 Å². The minimum absolute atomic E-state index is 0.711. The summed E-state index contributed by atoms with van der Waals surface area (Å²) in [6.07, 6.45) is 6.74. The van der Waals surface area contributed by atoms with Crippen LogP contribution in [0.1, 0.15) is 18.4 Å². The van der Waals surface area contributed by atoms with Crippen LogP contribution in [-0.4, -0.2) is 22.9 Å². The van der Waals surface area contributed by atoms with Crippen LogP contribution in [0, 0.1) is 12.8 Å². The lowest BCUT2D eigenvalue weighted by Gasteiger charge is -2.22. The summed E-state index contributed by atoms with van der Waals surface area (Å²) in [5.41, 5.74) is 3.75. The van der Waals surface area contributed by atoms with Crippen LogP contribution in [-0.2, 0) is 6.54 Å². The molecule has 3 nitrogen and oxygen atoms in total. The van der Waals surface area contributed by atoms with Gasteiger partial charge in [-0.05, 0) is 62.0 Å². The van der Waals surface area contributed by atoms with Crippen LogP contribution in [0.15, 0.2) is 35.1 Å². The summed E-state index contributed by atoms with van der Waals surface area (Å²) in [6.45, 7) is 5.44. The molecule has 2 heterocycles. The molecule has 1 aromatic heterocycles. The number of benzene rings is 1. The van der Waals surface area contributed by atoms with Gasteiger partial charge < -0.3 is 5.32 Å². The Labute approximate surface area is 128 Å². The van der Waals surface area contributed by atoms with Gasteiger partial charge in [-0.25, -0.2) is 0 Å². The first-order valence-corrected chi connectivity index (χ1v) is 8.01. The molecule has 1 fully saturated rings. The smallest absolute Gasteiger partial charge is 0.0568 e. The Morgan fingerprint density at radius 2 is 2.35 bits per heavy atom. The van der Waals surface area contributed by atoms with Crippen molar-refractivity contribution in [2.24, 2.45) is 5.92 Å². The molecule has 0 radical (unpaired) electrons. The summed E-state index contributed by atoms with van der Waals surface area (Å²) in [5, 5.41) is 7.99. The number of aromatic nitrogens is 2. The van der Waals surface area contributed by atoms with E-state index in [2.05, 4.69) is 62.3 Å². The van der Waals surface area contributed by atoms with E-state index in [-0.39, 0.29) is 0 Å². The Morgan fingerprint density at radius 1 is 1.45 bits per heavy atom. The van der Waals surface area contributed by atoms with Crippen LogP contribution in [0.25, 0.3) is 11.1 Å². The highest BCUT2D eigenvalue weighted by Crippen LogP contribution is 2.26. The predicted octanol–water partition coefficient (Wildman–Crippen LogP) is 3.62. The van der Waals surface area contributed by atoms with Gasteiger partial charge in [0.1, 0.15) is 0 Å². The zero-order chi connectivity index (χ0) is 13.9. The fourth-order valence-electron chi connectivity index (χ4n) is 2.90. The molecule has 4 heteroatoms. The summed E-state index contributed by atoms with van der Waals surface area (Å²) in [6, 6.07) is 6.39. The first-order chi connectivity index (χ1) is 9.72. The average Bonchev–Trinajstić information content (AvgIpc) is 2.88. The van der Waals surface area contributed by atoms with Crippen LogP contribution in [0.5, 0.6) is 0 Å². The van der Waals surface area contributed by atoms with Crippen molar-refractivity contribution in [3.05, 3.63) is 40.6 Å². The second kappa shape index (κ2) is 6.10. The Bertz CT molecular complexity index is 585. The lowest BCUT2D eigenvalue weighted by atomic mass is 10.00. The number of hydrogen-bond acceptors (Lipinski definition) is 2. The second-order valence-electron chi connectivity index (χ2n) is 5.62. The zero-order valence-corrected chi connectivity index (χ0v) is 13.4. The standard InChI is InChI=1S/C16H20BrN3/c1-12-7-15(17)4-5-16(12)14-9-19-20(11-14)10-13-3-2-6-18-8-13/h4-5,7,9,11,13,18H,2-3,6,8,10H2,1H3. The molecule has 0 spiro atoms. The summed E-state index contributed by atoms with van der Waals surface area (Å²) in [4.78, 5) is 0. The maximum atomic E-state index is 4.53. The second-order valence-corrected chi connectivity index (χ2v) is 6.54. The first-order valence-electron chi connectivity index (χ1n) is 7.22. The van der Waals surface area contributed by atoms with E-state index >= 15 is 0 Å². The molecule has 106 valence electrons. The minimum Gasteiger partial charge on any atom is -0.316 e. The molecule has 0 saturated carbocycles. The molecule has 20 heavy (non-hydrogen) atoms. The summed E-state index contributed by atoms with van der Waals surface area (Å²) in [5.74, 6) is 0.711. The lowest BCUT2D eigenvalue weighted by Crippen LogP contribution is -2.32. The highest BCUT2D eigenvalue weighted by Gasteiger charge is 2.14. The third kappa shape index (κ3) is 3.13. The number of nitrogens with zero attached hydrogens (tertiary/aromatic N) is 2. The average molecular weight is 334 g/mol. The van der Waals surface area contributed by atoms with Crippen molar-refractivity contribution >= 4 is 15.9 Å². The van der Waals surface area contributed by atoms with Crippen LogP contribution in [0.4, 0.5) is 0 Å². The van der Waals surface area contributed by atoms with Crippen molar-refractivity contribution in [3.8, 4) is 11.1 Å². The third-order valence-corrected chi connectivity index (χ3v) is 4.47. The molecular weight excluding hydrogens is 314 g/mol. The van der Waals surface area contributed by atoms with Gasteiger partial charge in [0.2, 0.25) is 0 Å². The predicted molar refractivity (Wildman–Crippen MR) is 85.7 cm³/mol. The molecule has 0 amide bonds. The van der Waals surface area contributed by atoms with Gasteiger partial charge in [-0.3, -0.25) is 4.68 Å². The maximum absolute atomic E-state index is 4.53. The van der Waals surface area contributed by atoms with Crippen molar-refractivity contribution in [2.75, 3.05) is 13.1 Å². The lowest BCUT2D eigenvalue weighted by molar-refractivity contribution is 0.325. The van der Waals surface area contributed by atoms with Gasteiger partial charge in [0, 0.05) is 22.8 Å². The van der Waals surface area contributed by atoms with Crippen LogP contribution in [0.3, 0.4) is 0 Å². The maximum Gasteiger partial charge on any atom is 0.0568 e. The van der Waals surface area contributed by atoms with E-state index in [1.807, 2.05) is 6.20 Å². The number of aryl methyl sites for hydroxylation is 1. The minimum atomic E-state index is 0.711. The molecule has 2 aromatic rings. The van der Waals surface area contributed by atoms with Gasteiger partial charge >= 0.3 is 0 Å². The fourth-order valence-corrected chi connectivity index (χ4v) is 3.37. The molecule has 1 aliphatic heterocycles. The van der Waals surface area contributed by atoms with Crippen LogP contribution in [0.2, 0.25) is 0 Å². The highest BCUT2D eigenvalue weighted by molar-refractivity contribution is 9.10. The molecule has 1 aromatic carbocycles. The zero-order valence-electron chi connectivity index (χ0n) is 11.8.